The van der Waals surface area contributed by atoms with E-state index in [0.29, 0.717) is 43.1 Å². The van der Waals surface area contributed by atoms with Gasteiger partial charge in [0, 0.05) is 48.5 Å². The molecular weight excluding hydrogens is 417 g/mol. The third-order valence-electron chi connectivity index (χ3n) is 4.77. The number of nitrogen functional groups attached to an aromatic ring is 1. The van der Waals surface area contributed by atoms with Gasteiger partial charge >= 0.3 is 6.18 Å². The molecule has 4 rings (SSSR count). The Morgan fingerprint density at radius 1 is 1.27 bits per heavy atom. The van der Waals surface area contributed by atoms with Crippen LogP contribution in [-0.2, 0) is 25.7 Å². The normalized spacial score (nSPS) is 14.4. The van der Waals surface area contributed by atoms with Crippen LogP contribution in [0.25, 0.3) is 0 Å². The number of nitrogens with two attached hydrogens (primary N) is 1. The standard InChI is InChI=1S/C19H17F3N6OS/c20-19(21,22)11-5-12(7-24-6-11)27-18(29)14-10-30-16-9-28(4-1-13(14)16)8-15-17(23)26-3-2-25-15/h2-3,5-7,10H,1,4,8-9H2,(H2,23,26)(H,27,29). The third-order valence-corrected chi connectivity index (χ3v) is 5.79. The van der Waals surface area contributed by atoms with Crippen molar-refractivity contribution in [2.45, 2.75) is 25.7 Å². The van der Waals surface area contributed by atoms with Gasteiger partial charge in [-0.05, 0) is 18.1 Å². The van der Waals surface area contributed by atoms with E-state index in [-0.39, 0.29) is 5.69 Å². The van der Waals surface area contributed by atoms with Crippen molar-refractivity contribution in [1.29, 1.82) is 0 Å². The average Bonchev–Trinajstić information content (AvgIpc) is 3.13. The fraction of sp³-hybridized carbons (Fsp3) is 0.263. The number of nitrogens with zero attached hydrogens (tertiary/aromatic N) is 4. The number of rotatable bonds is 4. The minimum atomic E-state index is -4.52. The number of amides is 1. The topological polar surface area (TPSA) is 97.0 Å². The summed E-state index contributed by atoms with van der Waals surface area (Å²) in [6, 6.07) is 0.872. The predicted octanol–water partition coefficient (Wildman–Crippen LogP) is 3.34. The maximum atomic E-state index is 12.8. The van der Waals surface area contributed by atoms with Crippen molar-refractivity contribution < 1.29 is 18.0 Å². The van der Waals surface area contributed by atoms with Gasteiger partial charge in [-0.1, -0.05) is 0 Å². The molecule has 0 aromatic carbocycles. The van der Waals surface area contributed by atoms with E-state index in [4.69, 9.17) is 5.73 Å². The molecule has 0 fully saturated rings. The Morgan fingerprint density at radius 3 is 2.83 bits per heavy atom. The molecule has 7 nitrogen and oxygen atoms in total. The van der Waals surface area contributed by atoms with Crippen LogP contribution >= 0.6 is 11.3 Å². The van der Waals surface area contributed by atoms with Gasteiger partial charge in [0.05, 0.1) is 28.7 Å². The molecule has 0 aliphatic carbocycles. The zero-order valence-electron chi connectivity index (χ0n) is 15.6. The lowest BCUT2D eigenvalue weighted by Crippen LogP contribution is -2.30. The summed E-state index contributed by atoms with van der Waals surface area (Å²) < 4.78 is 38.5. The number of carbonyl (C=O) groups excluding carboxylic acids is 1. The summed E-state index contributed by atoms with van der Waals surface area (Å²) in [7, 11) is 0. The van der Waals surface area contributed by atoms with E-state index in [2.05, 4.69) is 25.2 Å². The third kappa shape index (κ3) is 4.26. The molecule has 0 spiro atoms. The number of alkyl halides is 3. The van der Waals surface area contributed by atoms with E-state index in [1.807, 2.05) is 0 Å². The van der Waals surface area contributed by atoms with Crippen molar-refractivity contribution in [2.75, 3.05) is 17.6 Å². The van der Waals surface area contributed by atoms with E-state index in [9.17, 15) is 18.0 Å². The number of fused-ring (bicyclic) bond motifs is 1. The van der Waals surface area contributed by atoms with Gasteiger partial charge in [0.1, 0.15) is 5.82 Å². The molecule has 30 heavy (non-hydrogen) atoms. The monoisotopic (exact) mass is 434 g/mol. The number of halogens is 3. The summed E-state index contributed by atoms with van der Waals surface area (Å²) in [4.78, 5) is 27.7. The van der Waals surface area contributed by atoms with E-state index in [0.717, 1.165) is 22.7 Å². The molecule has 0 saturated carbocycles. The first-order valence-electron chi connectivity index (χ1n) is 9.02. The van der Waals surface area contributed by atoms with Gasteiger partial charge in [-0.15, -0.1) is 11.3 Å². The van der Waals surface area contributed by atoms with Crippen LogP contribution in [0.3, 0.4) is 0 Å². The van der Waals surface area contributed by atoms with Gasteiger partial charge in [-0.2, -0.15) is 13.2 Å². The lowest BCUT2D eigenvalue weighted by Gasteiger charge is -2.27. The fourth-order valence-corrected chi connectivity index (χ4v) is 4.40. The molecule has 1 aliphatic rings. The highest BCUT2D eigenvalue weighted by Crippen LogP contribution is 2.32. The van der Waals surface area contributed by atoms with Gasteiger partial charge in [-0.3, -0.25) is 19.7 Å². The van der Waals surface area contributed by atoms with Crippen LogP contribution in [0, 0.1) is 0 Å². The second kappa shape index (κ2) is 8.00. The van der Waals surface area contributed by atoms with Gasteiger partial charge in [-0.25, -0.2) is 4.98 Å². The maximum Gasteiger partial charge on any atom is 0.417 e. The minimum Gasteiger partial charge on any atom is -0.382 e. The number of aromatic nitrogens is 3. The smallest absolute Gasteiger partial charge is 0.382 e. The summed E-state index contributed by atoms with van der Waals surface area (Å²) in [6.45, 7) is 1.88. The summed E-state index contributed by atoms with van der Waals surface area (Å²) in [5.74, 6) is -0.0514. The number of hydrogen-bond acceptors (Lipinski definition) is 7. The summed E-state index contributed by atoms with van der Waals surface area (Å²) in [5.41, 5.74) is 7.05. The van der Waals surface area contributed by atoms with Crippen molar-refractivity contribution in [2.24, 2.45) is 0 Å². The van der Waals surface area contributed by atoms with Crippen LogP contribution in [0.4, 0.5) is 24.7 Å². The van der Waals surface area contributed by atoms with Crippen molar-refractivity contribution in [1.82, 2.24) is 19.9 Å². The van der Waals surface area contributed by atoms with Crippen molar-refractivity contribution in [3.05, 3.63) is 63.5 Å². The van der Waals surface area contributed by atoms with Crippen LogP contribution in [0.1, 0.15) is 32.1 Å². The van der Waals surface area contributed by atoms with Gasteiger partial charge < -0.3 is 11.1 Å². The molecule has 1 amide bonds. The molecule has 4 heterocycles. The molecular formula is C19H17F3N6OS. The molecule has 156 valence electrons. The Bertz CT molecular complexity index is 1080. The van der Waals surface area contributed by atoms with E-state index in [1.54, 1.807) is 11.6 Å². The van der Waals surface area contributed by atoms with Crippen molar-refractivity contribution in [3.63, 3.8) is 0 Å². The van der Waals surface area contributed by atoms with E-state index < -0.39 is 17.6 Å². The average molecular weight is 434 g/mol. The predicted molar refractivity (Wildman–Crippen MR) is 106 cm³/mol. The Hall–Kier alpha value is -3.05. The Labute approximate surface area is 173 Å². The highest BCUT2D eigenvalue weighted by atomic mass is 32.1. The number of nitrogens with one attached hydrogen (secondary N) is 1. The first-order valence-corrected chi connectivity index (χ1v) is 9.90. The number of thiophene rings is 1. The molecule has 0 unspecified atom stereocenters. The lowest BCUT2D eigenvalue weighted by atomic mass is 10.0. The first kappa shape index (κ1) is 20.2. The second-order valence-electron chi connectivity index (χ2n) is 6.81. The molecule has 3 aromatic heterocycles. The molecule has 11 heteroatoms. The number of anilines is 2. The van der Waals surface area contributed by atoms with Gasteiger partial charge in [0.25, 0.3) is 5.91 Å². The maximum absolute atomic E-state index is 12.8. The number of carbonyl (C=O) groups is 1. The van der Waals surface area contributed by atoms with Crippen molar-refractivity contribution in [3.8, 4) is 0 Å². The van der Waals surface area contributed by atoms with Crippen LogP contribution < -0.4 is 11.1 Å². The van der Waals surface area contributed by atoms with Crippen LogP contribution in [-0.4, -0.2) is 32.3 Å². The molecule has 0 atom stereocenters. The minimum absolute atomic E-state index is 0.00494. The van der Waals surface area contributed by atoms with Crippen LogP contribution in [0.15, 0.2) is 36.2 Å². The van der Waals surface area contributed by atoms with Crippen LogP contribution in [0.2, 0.25) is 0 Å². The van der Waals surface area contributed by atoms with Gasteiger partial charge in [0.15, 0.2) is 0 Å². The molecule has 0 saturated heterocycles. The molecule has 3 aromatic rings. The summed E-state index contributed by atoms with van der Waals surface area (Å²) in [6.07, 6.45) is 1.17. The molecule has 3 N–H and O–H groups in total. The summed E-state index contributed by atoms with van der Waals surface area (Å²) in [5, 5.41) is 4.26. The Kier molecular flexibility index (Phi) is 5.39. The zero-order chi connectivity index (χ0) is 21.3. The van der Waals surface area contributed by atoms with Gasteiger partial charge in [0.2, 0.25) is 0 Å². The quantitative estimate of drug-likeness (QED) is 0.654. The Morgan fingerprint density at radius 2 is 2.07 bits per heavy atom. The van der Waals surface area contributed by atoms with E-state index >= 15 is 0 Å². The number of hydrogen-bond donors (Lipinski definition) is 2. The lowest BCUT2D eigenvalue weighted by molar-refractivity contribution is -0.137. The Balaban J connectivity index is 1.46. The molecule has 0 bridgehead atoms. The second-order valence-corrected chi connectivity index (χ2v) is 7.78. The zero-order valence-corrected chi connectivity index (χ0v) is 16.4. The van der Waals surface area contributed by atoms with Crippen LogP contribution in [0.5, 0.6) is 0 Å². The SMILES string of the molecule is Nc1nccnc1CN1CCc2c(C(=O)Nc3cncc(C(F)(F)F)c3)csc2C1. The molecule has 1 aliphatic heterocycles. The highest BCUT2D eigenvalue weighted by Gasteiger charge is 2.31. The highest BCUT2D eigenvalue weighted by molar-refractivity contribution is 7.10. The van der Waals surface area contributed by atoms with E-state index in [1.165, 1.54) is 23.7 Å². The first-order chi connectivity index (χ1) is 14.3. The molecule has 0 radical (unpaired) electrons. The summed E-state index contributed by atoms with van der Waals surface area (Å²) >= 11 is 1.45. The largest absolute Gasteiger partial charge is 0.417 e. The number of pyridine rings is 1. The van der Waals surface area contributed by atoms with Crippen molar-refractivity contribution >= 4 is 28.7 Å². The fourth-order valence-electron chi connectivity index (χ4n) is 3.28.